The molecule has 1 aliphatic heterocycles. The van der Waals surface area contributed by atoms with Crippen molar-refractivity contribution in [2.75, 3.05) is 19.6 Å². The number of rotatable bonds is 5. The van der Waals surface area contributed by atoms with E-state index in [1.807, 2.05) is 30.3 Å². The normalized spacial score (nSPS) is 17.2. The molecule has 8 nitrogen and oxygen atoms in total. The molecule has 2 aromatic rings. The Morgan fingerprint density at radius 1 is 1.40 bits per heavy atom. The molecule has 0 radical (unpaired) electrons. The molecule has 2 heterocycles. The highest BCUT2D eigenvalue weighted by molar-refractivity contribution is 5.88. The van der Waals surface area contributed by atoms with Crippen LogP contribution in [0.3, 0.4) is 0 Å². The number of hydrogen-bond donors (Lipinski definition) is 2. The SMILES string of the molecule is Cc1noc(CC2C(=O)NCCN2C(=O)NCCc2ccccc2)n1. The predicted molar refractivity (Wildman–Crippen MR) is 89.8 cm³/mol. The Kier molecular flexibility index (Phi) is 5.27. The van der Waals surface area contributed by atoms with Gasteiger partial charge in [-0.15, -0.1) is 0 Å². The summed E-state index contributed by atoms with van der Waals surface area (Å²) in [6, 6.07) is 9.02. The second kappa shape index (κ2) is 7.78. The summed E-state index contributed by atoms with van der Waals surface area (Å²) >= 11 is 0. The minimum atomic E-state index is -0.648. The van der Waals surface area contributed by atoms with Crippen molar-refractivity contribution in [3.8, 4) is 0 Å². The van der Waals surface area contributed by atoms with Crippen molar-refractivity contribution in [3.63, 3.8) is 0 Å². The molecule has 25 heavy (non-hydrogen) atoms. The van der Waals surface area contributed by atoms with Crippen LogP contribution in [0.25, 0.3) is 0 Å². The maximum absolute atomic E-state index is 12.5. The van der Waals surface area contributed by atoms with Gasteiger partial charge in [-0.05, 0) is 18.9 Å². The number of nitrogens with one attached hydrogen (secondary N) is 2. The van der Waals surface area contributed by atoms with Gasteiger partial charge in [0.25, 0.3) is 0 Å². The van der Waals surface area contributed by atoms with E-state index in [1.54, 1.807) is 6.92 Å². The van der Waals surface area contributed by atoms with Crippen LogP contribution in [0.5, 0.6) is 0 Å². The highest BCUT2D eigenvalue weighted by atomic mass is 16.5. The van der Waals surface area contributed by atoms with Crippen LogP contribution in [0.2, 0.25) is 0 Å². The molecule has 1 unspecified atom stereocenters. The molecule has 132 valence electrons. The number of urea groups is 1. The quantitative estimate of drug-likeness (QED) is 0.831. The maximum atomic E-state index is 12.5. The Morgan fingerprint density at radius 3 is 2.92 bits per heavy atom. The minimum Gasteiger partial charge on any atom is -0.353 e. The summed E-state index contributed by atoms with van der Waals surface area (Å²) in [7, 11) is 0. The van der Waals surface area contributed by atoms with E-state index >= 15 is 0 Å². The molecule has 1 aliphatic rings. The second-order valence-corrected chi connectivity index (χ2v) is 5.91. The number of carbonyl (C=O) groups is 2. The fourth-order valence-electron chi connectivity index (χ4n) is 2.81. The number of benzene rings is 1. The van der Waals surface area contributed by atoms with Crippen LogP contribution in [0, 0.1) is 6.92 Å². The van der Waals surface area contributed by atoms with Crippen LogP contribution in [-0.2, 0) is 17.6 Å². The smallest absolute Gasteiger partial charge is 0.318 e. The van der Waals surface area contributed by atoms with Gasteiger partial charge in [0.05, 0.1) is 6.42 Å². The zero-order chi connectivity index (χ0) is 17.6. The summed E-state index contributed by atoms with van der Waals surface area (Å²) < 4.78 is 5.08. The van der Waals surface area contributed by atoms with Crippen molar-refractivity contribution in [1.82, 2.24) is 25.7 Å². The third-order valence-corrected chi connectivity index (χ3v) is 4.06. The van der Waals surface area contributed by atoms with Crippen LogP contribution >= 0.6 is 0 Å². The summed E-state index contributed by atoms with van der Waals surface area (Å²) in [5.74, 6) is 0.645. The van der Waals surface area contributed by atoms with Gasteiger partial charge in [-0.1, -0.05) is 35.5 Å². The first kappa shape index (κ1) is 16.9. The first-order valence-corrected chi connectivity index (χ1v) is 8.29. The van der Waals surface area contributed by atoms with Crippen molar-refractivity contribution in [3.05, 3.63) is 47.6 Å². The first-order chi connectivity index (χ1) is 12.1. The van der Waals surface area contributed by atoms with Crippen molar-refractivity contribution >= 4 is 11.9 Å². The van der Waals surface area contributed by atoms with Gasteiger partial charge >= 0.3 is 6.03 Å². The molecule has 1 aromatic carbocycles. The van der Waals surface area contributed by atoms with Gasteiger partial charge in [0.15, 0.2) is 5.82 Å². The summed E-state index contributed by atoms with van der Waals surface area (Å²) in [6.07, 6.45) is 0.943. The Hall–Kier alpha value is -2.90. The van der Waals surface area contributed by atoms with Gasteiger partial charge in [-0.25, -0.2) is 4.79 Å². The minimum absolute atomic E-state index is 0.207. The molecule has 1 saturated heterocycles. The number of aromatic nitrogens is 2. The average Bonchev–Trinajstić information content (AvgIpc) is 3.02. The van der Waals surface area contributed by atoms with Crippen LogP contribution in [0.1, 0.15) is 17.3 Å². The zero-order valence-corrected chi connectivity index (χ0v) is 14.1. The molecule has 0 bridgehead atoms. The largest absolute Gasteiger partial charge is 0.353 e. The number of aryl methyl sites for hydroxylation is 1. The van der Waals surface area contributed by atoms with E-state index in [0.717, 1.165) is 12.0 Å². The highest BCUT2D eigenvalue weighted by Crippen LogP contribution is 2.11. The van der Waals surface area contributed by atoms with Gasteiger partial charge in [-0.2, -0.15) is 4.98 Å². The molecule has 3 rings (SSSR count). The Balaban J connectivity index is 1.59. The fourth-order valence-corrected chi connectivity index (χ4v) is 2.81. The number of hydrogen-bond acceptors (Lipinski definition) is 5. The molecule has 8 heteroatoms. The van der Waals surface area contributed by atoms with Crippen molar-refractivity contribution < 1.29 is 14.1 Å². The molecular weight excluding hydrogens is 322 g/mol. The summed E-state index contributed by atoms with van der Waals surface area (Å²) in [5.41, 5.74) is 1.15. The van der Waals surface area contributed by atoms with Crippen LogP contribution in [0.4, 0.5) is 4.79 Å². The van der Waals surface area contributed by atoms with Crippen LogP contribution in [0.15, 0.2) is 34.9 Å². The third kappa shape index (κ3) is 4.34. The van der Waals surface area contributed by atoms with Crippen molar-refractivity contribution in [2.24, 2.45) is 0 Å². The van der Waals surface area contributed by atoms with E-state index in [1.165, 1.54) is 4.90 Å². The van der Waals surface area contributed by atoms with Gasteiger partial charge in [0, 0.05) is 19.6 Å². The monoisotopic (exact) mass is 343 g/mol. The van der Waals surface area contributed by atoms with E-state index in [4.69, 9.17) is 4.52 Å². The van der Waals surface area contributed by atoms with E-state index < -0.39 is 6.04 Å². The summed E-state index contributed by atoms with van der Waals surface area (Å²) in [6.45, 7) is 3.10. The molecule has 0 spiro atoms. The standard InChI is InChI=1S/C17H21N5O3/c1-12-20-15(25-21-12)11-14-16(23)18-9-10-22(14)17(24)19-8-7-13-5-3-2-4-6-13/h2-6,14H,7-11H2,1H3,(H,18,23)(H,19,24). The number of amides is 3. The van der Waals surface area contributed by atoms with Gasteiger partial charge in [0.1, 0.15) is 6.04 Å². The van der Waals surface area contributed by atoms with Crippen molar-refractivity contribution in [1.29, 1.82) is 0 Å². The molecule has 3 amide bonds. The van der Waals surface area contributed by atoms with E-state index in [-0.39, 0.29) is 18.4 Å². The lowest BCUT2D eigenvalue weighted by Gasteiger charge is -2.34. The molecule has 1 atom stereocenters. The van der Waals surface area contributed by atoms with E-state index in [0.29, 0.717) is 31.3 Å². The van der Waals surface area contributed by atoms with E-state index in [9.17, 15) is 9.59 Å². The van der Waals surface area contributed by atoms with E-state index in [2.05, 4.69) is 20.8 Å². The van der Waals surface area contributed by atoms with Gasteiger partial charge in [0.2, 0.25) is 11.8 Å². The third-order valence-electron chi connectivity index (χ3n) is 4.06. The number of carbonyl (C=O) groups excluding carboxylic acids is 2. The zero-order valence-electron chi connectivity index (χ0n) is 14.1. The average molecular weight is 343 g/mol. The van der Waals surface area contributed by atoms with Crippen LogP contribution < -0.4 is 10.6 Å². The lowest BCUT2D eigenvalue weighted by molar-refractivity contribution is -0.127. The van der Waals surface area contributed by atoms with Crippen molar-refractivity contribution in [2.45, 2.75) is 25.8 Å². The topological polar surface area (TPSA) is 100 Å². The molecule has 1 aromatic heterocycles. The number of nitrogens with zero attached hydrogens (tertiary/aromatic N) is 3. The summed E-state index contributed by atoms with van der Waals surface area (Å²) in [5, 5.41) is 9.38. The van der Waals surface area contributed by atoms with Crippen LogP contribution in [-0.4, -0.2) is 52.7 Å². The second-order valence-electron chi connectivity index (χ2n) is 5.91. The Morgan fingerprint density at radius 2 is 2.20 bits per heavy atom. The molecule has 2 N–H and O–H groups in total. The predicted octanol–water partition coefficient (Wildman–Crippen LogP) is 0.673. The molecule has 0 aliphatic carbocycles. The summed E-state index contributed by atoms with van der Waals surface area (Å²) in [4.78, 5) is 30.4. The lowest BCUT2D eigenvalue weighted by Crippen LogP contribution is -2.60. The molecule has 0 saturated carbocycles. The van der Waals surface area contributed by atoms with Gasteiger partial charge < -0.3 is 20.1 Å². The lowest BCUT2D eigenvalue weighted by atomic mass is 10.1. The van der Waals surface area contributed by atoms with Gasteiger partial charge in [-0.3, -0.25) is 4.79 Å². The highest BCUT2D eigenvalue weighted by Gasteiger charge is 2.34. The Bertz CT molecular complexity index is 731. The fraction of sp³-hybridized carbons (Fsp3) is 0.412. The molecular formula is C17H21N5O3. The number of piperazine rings is 1. The maximum Gasteiger partial charge on any atom is 0.318 e. The Labute approximate surface area is 145 Å². The first-order valence-electron chi connectivity index (χ1n) is 8.29. The molecule has 1 fully saturated rings.